The Morgan fingerprint density at radius 3 is 2.88 bits per heavy atom. The fraction of sp³-hybridized carbons (Fsp3) is 0.0833. The average Bonchev–Trinajstić information content (AvgIpc) is 2.78. The highest BCUT2D eigenvalue weighted by atomic mass is 79.9. The van der Waals surface area contributed by atoms with Crippen molar-refractivity contribution >= 4 is 21.9 Å². The van der Waals surface area contributed by atoms with E-state index in [1.165, 1.54) is 12.3 Å². The lowest BCUT2D eigenvalue weighted by atomic mass is 10.2. The van der Waals surface area contributed by atoms with Crippen LogP contribution in [-0.2, 0) is 6.61 Å². The van der Waals surface area contributed by atoms with Crippen molar-refractivity contribution in [3.8, 4) is 5.75 Å². The van der Waals surface area contributed by atoms with E-state index in [-0.39, 0.29) is 12.2 Å². The Kier molecular flexibility index (Phi) is 3.49. The fourth-order valence-corrected chi connectivity index (χ4v) is 1.67. The lowest BCUT2D eigenvalue weighted by Crippen LogP contribution is -2.02. The molecule has 1 aromatic carbocycles. The van der Waals surface area contributed by atoms with E-state index < -0.39 is 5.97 Å². The molecule has 1 N–H and O–H groups in total. The lowest BCUT2D eigenvalue weighted by molar-refractivity contribution is 0.0691. The van der Waals surface area contributed by atoms with Crippen LogP contribution in [0.2, 0.25) is 0 Å². The van der Waals surface area contributed by atoms with Crippen LogP contribution >= 0.6 is 15.9 Å². The number of rotatable bonds is 4. The summed E-state index contributed by atoms with van der Waals surface area (Å²) < 4.78 is 11.1. The SMILES string of the molecule is O=C(O)c1ccc(Br)cc1OCc1ccoc1. The maximum absolute atomic E-state index is 11.0. The molecular formula is C12H9BrO4. The van der Waals surface area contributed by atoms with Crippen molar-refractivity contribution in [2.45, 2.75) is 6.61 Å². The van der Waals surface area contributed by atoms with Gasteiger partial charge in [0.05, 0.1) is 12.5 Å². The van der Waals surface area contributed by atoms with Crippen molar-refractivity contribution in [2.24, 2.45) is 0 Å². The number of carboxylic acids is 1. The van der Waals surface area contributed by atoms with Crippen LogP contribution < -0.4 is 4.74 Å². The Morgan fingerprint density at radius 2 is 2.24 bits per heavy atom. The van der Waals surface area contributed by atoms with Gasteiger partial charge in [-0.2, -0.15) is 0 Å². The van der Waals surface area contributed by atoms with Crippen molar-refractivity contribution in [1.82, 2.24) is 0 Å². The van der Waals surface area contributed by atoms with E-state index in [1.54, 1.807) is 24.5 Å². The van der Waals surface area contributed by atoms with Crippen LogP contribution in [0.4, 0.5) is 0 Å². The van der Waals surface area contributed by atoms with Crippen LogP contribution in [0, 0.1) is 0 Å². The molecule has 17 heavy (non-hydrogen) atoms. The number of benzene rings is 1. The maximum Gasteiger partial charge on any atom is 0.339 e. The summed E-state index contributed by atoms with van der Waals surface area (Å²) in [4.78, 5) is 11.0. The molecule has 0 atom stereocenters. The molecule has 2 rings (SSSR count). The molecule has 0 aliphatic rings. The summed E-state index contributed by atoms with van der Waals surface area (Å²) in [6.45, 7) is 0.271. The van der Waals surface area contributed by atoms with Gasteiger partial charge >= 0.3 is 5.97 Å². The highest BCUT2D eigenvalue weighted by Crippen LogP contribution is 2.24. The third-order valence-corrected chi connectivity index (χ3v) is 2.64. The molecule has 1 aromatic heterocycles. The molecule has 1 heterocycles. The topological polar surface area (TPSA) is 59.7 Å². The van der Waals surface area contributed by atoms with Crippen molar-refractivity contribution in [3.05, 3.63) is 52.4 Å². The van der Waals surface area contributed by atoms with Gasteiger partial charge in [-0.05, 0) is 24.3 Å². The Hall–Kier alpha value is -1.75. The highest BCUT2D eigenvalue weighted by Gasteiger charge is 2.11. The lowest BCUT2D eigenvalue weighted by Gasteiger charge is -2.08. The largest absolute Gasteiger partial charge is 0.488 e. The highest BCUT2D eigenvalue weighted by molar-refractivity contribution is 9.10. The number of furan rings is 1. The number of ether oxygens (including phenoxy) is 1. The zero-order valence-corrected chi connectivity index (χ0v) is 10.3. The molecular weight excluding hydrogens is 288 g/mol. The van der Waals surface area contributed by atoms with Crippen LogP contribution in [0.5, 0.6) is 5.75 Å². The second-order valence-electron chi connectivity index (χ2n) is 3.37. The zero-order valence-electron chi connectivity index (χ0n) is 8.72. The quantitative estimate of drug-likeness (QED) is 0.940. The van der Waals surface area contributed by atoms with E-state index in [0.717, 1.165) is 10.0 Å². The zero-order chi connectivity index (χ0) is 12.3. The Labute approximate surface area is 106 Å². The first kappa shape index (κ1) is 11.7. The number of carbonyl (C=O) groups is 1. The van der Waals surface area contributed by atoms with Crippen molar-refractivity contribution in [2.75, 3.05) is 0 Å². The minimum Gasteiger partial charge on any atom is -0.488 e. The minimum absolute atomic E-state index is 0.136. The molecule has 5 heteroatoms. The Morgan fingerprint density at radius 1 is 1.41 bits per heavy atom. The predicted molar refractivity (Wildman–Crippen MR) is 64.1 cm³/mol. The Balaban J connectivity index is 2.19. The van der Waals surface area contributed by atoms with Gasteiger partial charge in [0.25, 0.3) is 0 Å². The normalized spacial score (nSPS) is 10.2. The average molecular weight is 297 g/mol. The second kappa shape index (κ2) is 5.05. The molecule has 0 saturated carbocycles. The fourth-order valence-electron chi connectivity index (χ4n) is 1.33. The molecule has 0 saturated heterocycles. The molecule has 2 aromatic rings. The van der Waals surface area contributed by atoms with Crippen LogP contribution in [-0.4, -0.2) is 11.1 Å². The number of hydrogen-bond donors (Lipinski definition) is 1. The maximum atomic E-state index is 11.0. The van der Waals surface area contributed by atoms with Gasteiger partial charge in [0.1, 0.15) is 17.9 Å². The molecule has 0 fully saturated rings. The first-order valence-electron chi connectivity index (χ1n) is 4.83. The first-order chi connectivity index (χ1) is 8.16. The summed E-state index contributed by atoms with van der Waals surface area (Å²) in [6.07, 6.45) is 3.09. The van der Waals surface area contributed by atoms with E-state index in [4.69, 9.17) is 14.3 Å². The standard InChI is InChI=1S/C12H9BrO4/c13-9-1-2-10(12(14)15)11(5-9)17-7-8-3-4-16-6-8/h1-6H,7H2,(H,14,15). The summed E-state index contributed by atoms with van der Waals surface area (Å²) in [5, 5.41) is 9.00. The third kappa shape index (κ3) is 2.88. The summed E-state index contributed by atoms with van der Waals surface area (Å²) in [5.41, 5.74) is 0.984. The van der Waals surface area contributed by atoms with Gasteiger partial charge < -0.3 is 14.3 Å². The van der Waals surface area contributed by atoms with Crippen LogP contribution in [0.15, 0.2) is 45.7 Å². The third-order valence-electron chi connectivity index (χ3n) is 2.15. The van der Waals surface area contributed by atoms with Gasteiger partial charge in [-0.25, -0.2) is 4.79 Å². The molecule has 0 spiro atoms. The minimum atomic E-state index is -1.01. The van der Waals surface area contributed by atoms with Crippen LogP contribution in [0.3, 0.4) is 0 Å². The van der Waals surface area contributed by atoms with E-state index in [0.29, 0.717) is 5.75 Å². The molecule has 4 nitrogen and oxygen atoms in total. The van der Waals surface area contributed by atoms with Gasteiger partial charge in [0.15, 0.2) is 0 Å². The van der Waals surface area contributed by atoms with Crippen molar-refractivity contribution in [1.29, 1.82) is 0 Å². The molecule has 0 radical (unpaired) electrons. The Bertz CT molecular complexity index is 519. The van der Waals surface area contributed by atoms with E-state index >= 15 is 0 Å². The molecule has 88 valence electrons. The van der Waals surface area contributed by atoms with E-state index in [1.807, 2.05) is 0 Å². The molecule has 0 bridgehead atoms. The number of halogens is 1. The van der Waals surface area contributed by atoms with Gasteiger partial charge in [0, 0.05) is 10.0 Å². The molecule has 0 amide bonds. The molecule has 0 aliphatic carbocycles. The first-order valence-corrected chi connectivity index (χ1v) is 5.63. The summed E-state index contributed by atoms with van der Waals surface area (Å²) >= 11 is 3.27. The van der Waals surface area contributed by atoms with Gasteiger partial charge in [0.2, 0.25) is 0 Å². The van der Waals surface area contributed by atoms with Crippen LogP contribution in [0.25, 0.3) is 0 Å². The van der Waals surface area contributed by atoms with Gasteiger partial charge in [-0.3, -0.25) is 0 Å². The smallest absolute Gasteiger partial charge is 0.339 e. The van der Waals surface area contributed by atoms with Crippen molar-refractivity contribution < 1.29 is 19.1 Å². The van der Waals surface area contributed by atoms with Crippen molar-refractivity contribution in [3.63, 3.8) is 0 Å². The number of aromatic carboxylic acids is 1. The van der Waals surface area contributed by atoms with E-state index in [9.17, 15) is 4.79 Å². The number of carboxylic acid groups (broad SMARTS) is 1. The summed E-state index contributed by atoms with van der Waals surface area (Å²) in [6, 6.07) is 6.55. The second-order valence-corrected chi connectivity index (χ2v) is 4.28. The summed E-state index contributed by atoms with van der Waals surface area (Å²) in [7, 11) is 0. The van der Waals surface area contributed by atoms with E-state index in [2.05, 4.69) is 15.9 Å². The summed E-state index contributed by atoms with van der Waals surface area (Å²) in [5.74, 6) is -0.687. The number of hydrogen-bond acceptors (Lipinski definition) is 3. The van der Waals surface area contributed by atoms with Gasteiger partial charge in [-0.1, -0.05) is 15.9 Å². The molecule has 0 unspecified atom stereocenters. The predicted octanol–water partition coefficient (Wildman–Crippen LogP) is 3.32. The monoisotopic (exact) mass is 296 g/mol. The van der Waals surface area contributed by atoms with Crippen LogP contribution in [0.1, 0.15) is 15.9 Å². The molecule has 0 aliphatic heterocycles. The van der Waals surface area contributed by atoms with Gasteiger partial charge in [-0.15, -0.1) is 0 Å².